The first-order chi connectivity index (χ1) is 15.4. The Balaban J connectivity index is 1.55. The highest BCUT2D eigenvalue weighted by Gasteiger charge is 2.32. The summed E-state index contributed by atoms with van der Waals surface area (Å²) >= 11 is 0. The van der Waals surface area contributed by atoms with Crippen LogP contribution in [0.3, 0.4) is 0 Å². The van der Waals surface area contributed by atoms with E-state index < -0.39 is 5.82 Å². The zero-order valence-electron chi connectivity index (χ0n) is 18.8. The van der Waals surface area contributed by atoms with Crippen molar-refractivity contribution in [3.05, 3.63) is 53.9 Å². The van der Waals surface area contributed by atoms with Crippen LogP contribution >= 0.6 is 0 Å². The zero-order chi connectivity index (χ0) is 22.8. The van der Waals surface area contributed by atoms with Crippen LogP contribution in [0.25, 0.3) is 11.3 Å². The molecular formula is C24H27FN4O3. The average Bonchev–Trinajstić information content (AvgIpc) is 3.23. The van der Waals surface area contributed by atoms with Gasteiger partial charge in [0.05, 0.1) is 30.4 Å². The number of aryl methyl sites for hydroxylation is 1. The summed E-state index contributed by atoms with van der Waals surface area (Å²) in [5.74, 6) is 0.765. The molecule has 0 N–H and O–H groups in total. The molecule has 0 aliphatic carbocycles. The Morgan fingerprint density at radius 2 is 2.03 bits per heavy atom. The van der Waals surface area contributed by atoms with Gasteiger partial charge in [0.25, 0.3) is 5.91 Å². The molecule has 0 fully saturated rings. The third-order valence-corrected chi connectivity index (χ3v) is 5.21. The Morgan fingerprint density at radius 1 is 1.22 bits per heavy atom. The van der Waals surface area contributed by atoms with Gasteiger partial charge >= 0.3 is 0 Å². The molecule has 0 atom stereocenters. The van der Waals surface area contributed by atoms with Gasteiger partial charge in [-0.05, 0) is 51.5 Å². The van der Waals surface area contributed by atoms with E-state index >= 15 is 0 Å². The second-order valence-corrected chi connectivity index (χ2v) is 8.11. The summed E-state index contributed by atoms with van der Waals surface area (Å²) in [6.07, 6.45) is 3.52. The number of aromatic nitrogens is 3. The number of carbonyl (C=O) groups excluding carboxylic acids is 1. The summed E-state index contributed by atoms with van der Waals surface area (Å²) in [5.41, 5.74) is 2.08. The molecule has 1 amide bonds. The maximum absolute atomic E-state index is 14.9. The Kier molecular flexibility index (Phi) is 6.12. The van der Waals surface area contributed by atoms with Crippen LogP contribution in [0.4, 0.5) is 4.39 Å². The summed E-state index contributed by atoms with van der Waals surface area (Å²) in [4.78, 5) is 23.0. The van der Waals surface area contributed by atoms with Crippen molar-refractivity contribution in [3.8, 4) is 28.6 Å². The minimum Gasteiger partial charge on any atom is -0.489 e. The van der Waals surface area contributed by atoms with Gasteiger partial charge in [0.15, 0.2) is 11.6 Å². The maximum atomic E-state index is 14.9. The molecule has 3 aromatic rings. The molecule has 0 unspecified atom stereocenters. The second-order valence-electron chi connectivity index (χ2n) is 8.11. The molecule has 0 radical (unpaired) electrons. The van der Waals surface area contributed by atoms with Gasteiger partial charge in [-0.25, -0.2) is 14.4 Å². The van der Waals surface area contributed by atoms with Gasteiger partial charge in [-0.1, -0.05) is 13.3 Å². The molecule has 168 valence electrons. The number of hydrogen-bond acceptors (Lipinski definition) is 5. The van der Waals surface area contributed by atoms with E-state index in [1.165, 1.54) is 6.07 Å². The number of rotatable bonds is 8. The van der Waals surface area contributed by atoms with E-state index in [1.807, 2.05) is 25.3 Å². The first kappa shape index (κ1) is 21.8. The quantitative estimate of drug-likeness (QED) is 0.484. The standard InChI is InChI=1S/C24H27FN4O3/c1-5-6-11-28-14-29-22(16(4)27-23(29)24(28)30)17-7-9-20(19(25)12-17)32-21-10-8-18(13-26-21)31-15(2)3/h7-10,12-13,15H,5-6,11,14H2,1-4H3. The van der Waals surface area contributed by atoms with E-state index in [-0.39, 0.29) is 23.6 Å². The molecular weight excluding hydrogens is 411 g/mol. The smallest absolute Gasteiger partial charge is 0.291 e. The molecule has 3 heterocycles. The first-order valence-electron chi connectivity index (χ1n) is 10.8. The molecule has 1 aliphatic heterocycles. The van der Waals surface area contributed by atoms with E-state index in [0.717, 1.165) is 18.5 Å². The fraction of sp³-hybridized carbons (Fsp3) is 0.375. The third-order valence-electron chi connectivity index (χ3n) is 5.21. The van der Waals surface area contributed by atoms with Gasteiger partial charge in [-0.3, -0.25) is 4.79 Å². The van der Waals surface area contributed by atoms with Gasteiger partial charge in [0, 0.05) is 18.2 Å². The topological polar surface area (TPSA) is 69.5 Å². The lowest BCUT2D eigenvalue weighted by Crippen LogP contribution is -2.26. The minimum atomic E-state index is -0.520. The van der Waals surface area contributed by atoms with Gasteiger partial charge in [-0.15, -0.1) is 0 Å². The van der Waals surface area contributed by atoms with Crippen molar-refractivity contribution in [1.29, 1.82) is 0 Å². The van der Waals surface area contributed by atoms with E-state index in [9.17, 15) is 9.18 Å². The number of unbranched alkanes of at least 4 members (excludes halogenated alkanes) is 1. The molecule has 4 rings (SSSR count). The van der Waals surface area contributed by atoms with Crippen LogP contribution in [0.15, 0.2) is 36.5 Å². The number of benzene rings is 1. The van der Waals surface area contributed by atoms with Crippen molar-refractivity contribution in [1.82, 2.24) is 19.4 Å². The lowest BCUT2D eigenvalue weighted by atomic mass is 10.1. The lowest BCUT2D eigenvalue weighted by molar-refractivity contribution is 0.0763. The van der Waals surface area contributed by atoms with Crippen LogP contribution < -0.4 is 9.47 Å². The summed E-state index contributed by atoms with van der Waals surface area (Å²) in [5, 5.41) is 0. The predicted octanol–water partition coefficient (Wildman–Crippen LogP) is 5.19. The fourth-order valence-electron chi connectivity index (χ4n) is 3.75. The van der Waals surface area contributed by atoms with E-state index in [0.29, 0.717) is 36.0 Å². The molecule has 0 spiro atoms. The molecule has 0 bridgehead atoms. The Bertz CT molecular complexity index is 1130. The molecule has 32 heavy (non-hydrogen) atoms. The highest BCUT2D eigenvalue weighted by atomic mass is 19.1. The number of fused-ring (bicyclic) bond motifs is 1. The molecule has 8 heteroatoms. The minimum absolute atomic E-state index is 0.0380. The Morgan fingerprint density at radius 3 is 2.69 bits per heavy atom. The fourth-order valence-corrected chi connectivity index (χ4v) is 3.75. The Labute approximate surface area is 186 Å². The van der Waals surface area contributed by atoms with Gasteiger partial charge in [-0.2, -0.15) is 0 Å². The van der Waals surface area contributed by atoms with Crippen LogP contribution in [0.5, 0.6) is 17.4 Å². The molecule has 2 aromatic heterocycles. The highest BCUT2D eigenvalue weighted by Crippen LogP contribution is 2.33. The molecule has 1 aliphatic rings. The predicted molar refractivity (Wildman–Crippen MR) is 118 cm³/mol. The normalized spacial score (nSPS) is 13.1. The number of amides is 1. The Hall–Kier alpha value is -3.42. The molecule has 0 saturated carbocycles. The first-order valence-corrected chi connectivity index (χ1v) is 10.8. The zero-order valence-corrected chi connectivity index (χ0v) is 18.8. The third kappa shape index (κ3) is 4.30. The number of halogens is 1. The van der Waals surface area contributed by atoms with Crippen LogP contribution in [0, 0.1) is 12.7 Å². The van der Waals surface area contributed by atoms with E-state index in [4.69, 9.17) is 9.47 Å². The van der Waals surface area contributed by atoms with Gasteiger partial charge in [0.1, 0.15) is 5.75 Å². The molecule has 0 saturated heterocycles. The SMILES string of the molecule is CCCCN1Cn2c(nc(C)c2-c2ccc(Oc3ccc(OC(C)C)cn3)c(F)c2)C1=O. The average molecular weight is 439 g/mol. The van der Waals surface area contributed by atoms with Gasteiger partial charge < -0.3 is 18.9 Å². The number of ether oxygens (including phenoxy) is 2. The number of imidazole rings is 1. The number of carbonyl (C=O) groups is 1. The largest absolute Gasteiger partial charge is 0.489 e. The van der Waals surface area contributed by atoms with Crippen molar-refractivity contribution < 1.29 is 18.7 Å². The monoisotopic (exact) mass is 438 g/mol. The summed E-state index contributed by atoms with van der Waals surface area (Å²) < 4.78 is 27.9. The van der Waals surface area contributed by atoms with Crippen LogP contribution in [-0.4, -0.2) is 38.0 Å². The van der Waals surface area contributed by atoms with E-state index in [2.05, 4.69) is 16.9 Å². The molecule has 7 nitrogen and oxygen atoms in total. The summed E-state index contributed by atoms with van der Waals surface area (Å²) in [6, 6.07) is 8.10. The van der Waals surface area contributed by atoms with Crippen LogP contribution in [-0.2, 0) is 6.67 Å². The van der Waals surface area contributed by atoms with Gasteiger partial charge in [0.2, 0.25) is 11.7 Å². The van der Waals surface area contributed by atoms with E-state index in [1.54, 1.807) is 35.4 Å². The van der Waals surface area contributed by atoms with Crippen molar-refractivity contribution in [2.45, 2.75) is 53.3 Å². The van der Waals surface area contributed by atoms with Crippen LogP contribution in [0.2, 0.25) is 0 Å². The summed E-state index contributed by atoms with van der Waals surface area (Å²) in [7, 11) is 0. The number of hydrogen-bond donors (Lipinski definition) is 0. The summed E-state index contributed by atoms with van der Waals surface area (Å²) in [6.45, 7) is 8.89. The van der Waals surface area contributed by atoms with Crippen molar-refractivity contribution >= 4 is 5.91 Å². The van der Waals surface area contributed by atoms with Crippen LogP contribution in [0.1, 0.15) is 49.9 Å². The maximum Gasteiger partial charge on any atom is 0.291 e. The van der Waals surface area contributed by atoms with Crippen molar-refractivity contribution in [2.75, 3.05) is 6.54 Å². The number of pyridine rings is 1. The van der Waals surface area contributed by atoms with Crippen molar-refractivity contribution in [2.24, 2.45) is 0 Å². The number of nitrogens with zero attached hydrogens (tertiary/aromatic N) is 4. The molecule has 1 aromatic carbocycles. The highest BCUT2D eigenvalue weighted by molar-refractivity contribution is 5.94. The second kappa shape index (κ2) is 8.98. The lowest BCUT2D eigenvalue weighted by Gasteiger charge is -2.16. The van der Waals surface area contributed by atoms with Crippen molar-refractivity contribution in [3.63, 3.8) is 0 Å².